The van der Waals surface area contributed by atoms with E-state index in [1.807, 2.05) is 13.8 Å². The van der Waals surface area contributed by atoms with Crippen LogP contribution in [0.1, 0.15) is 20.3 Å². The molecule has 1 aliphatic rings. The predicted octanol–water partition coefficient (Wildman–Crippen LogP) is 0.182. The Bertz CT molecular complexity index is 333. The van der Waals surface area contributed by atoms with Crippen LogP contribution in [-0.4, -0.2) is 61.8 Å². The molecule has 1 amide bonds. The highest BCUT2D eigenvalue weighted by molar-refractivity contribution is 5.82. The van der Waals surface area contributed by atoms with Crippen LogP contribution in [0.3, 0.4) is 0 Å². The minimum atomic E-state index is -0.801. The average molecular weight is 272 g/mol. The number of methoxy groups -OCH3 is 1. The largest absolute Gasteiger partial charge is 0.481 e. The van der Waals surface area contributed by atoms with E-state index in [9.17, 15) is 14.7 Å². The Kier molecular flexibility index (Phi) is 5.75. The van der Waals surface area contributed by atoms with Crippen molar-refractivity contribution in [1.82, 2.24) is 10.2 Å². The van der Waals surface area contributed by atoms with E-state index in [1.165, 1.54) is 0 Å². The van der Waals surface area contributed by atoms with E-state index in [2.05, 4.69) is 5.32 Å². The number of ether oxygens (including phenoxy) is 1. The van der Waals surface area contributed by atoms with Crippen LogP contribution < -0.4 is 5.32 Å². The van der Waals surface area contributed by atoms with Gasteiger partial charge in [0.2, 0.25) is 5.91 Å². The molecule has 0 aromatic carbocycles. The van der Waals surface area contributed by atoms with Crippen molar-refractivity contribution in [2.75, 3.05) is 39.9 Å². The van der Waals surface area contributed by atoms with Gasteiger partial charge in [-0.2, -0.15) is 0 Å². The average Bonchev–Trinajstić information content (AvgIpc) is 2.81. The lowest BCUT2D eigenvalue weighted by atomic mass is 9.76. The lowest BCUT2D eigenvalue weighted by molar-refractivity contribution is -0.151. The molecular weight excluding hydrogens is 248 g/mol. The van der Waals surface area contributed by atoms with Crippen LogP contribution in [0.4, 0.5) is 0 Å². The van der Waals surface area contributed by atoms with E-state index in [4.69, 9.17) is 4.74 Å². The summed E-state index contributed by atoms with van der Waals surface area (Å²) in [4.78, 5) is 25.1. The number of rotatable bonds is 7. The van der Waals surface area contributed by atoms with Gasteiger partial charge in [0.25, 0.3) is 0 Å². The second-order valence-electron chi connectivity index (χ2n) is 5.35. The maximum atomic E-state index is 12.0. The molecule has 0 aromatic rings. The molecule has 6 nitrogen and oxygen atoms in total. The molecule has 0 bridgehead atoms. The molecule has 0 saturated carbocycles. The highest BCUT2D eigenvalue weighted by Gasteiger charge is 2.48. The second-order valence-corrected chi connectivity index (χ2v) is 5.35. The van der Waals surface area contributed by atoms with E-state index < -0.39 is 11.4 Å². The van der Waals surface area contributed by atoms with E-state index >= 15 is 0 Å². The number of nitrogens with one attached hydrogen (secondary N) is 1. The number of likely N-dealkylation sites (tertiary alicyclic amines) is 1. The first-order valence-corrected chi connectivity index (χ1v) is 6.65. The Morgan fingerprint density at radius 3 is 2.63 bits per heavy atom. The molecule has 1 heterocycles. The van der Waals surface area contributed by atoms with E-state index in [0.29, 0.717) is 32.7 Å². The third kappa shape index (κ3) is 3.67. The molecule has 1 aliphatic heterocycles. The summed E-state index contributed by atoms with van der Waals surface area (Å²) in [5.41, 5.74) is -0.789. The van der Waals surface area contributed by atoms with Crippen LogP contribution in [0.2, 0.25) is 0 Å². The number of carbonyl (C=O) groups excluding carboxylic acids is 1. The summed E-state index contributed by atoms with van der Waals surface area (Å²) in [7, 11) is 1.60. The van der Waals surface area contributed by atoms with Gasteiger partial charge >= 0.3 is 5.97 Å². The third-order valence-corrected chi connectivity index (χ3v) is 3.94. The Morgan fingerprint density at radius 1 is 1.47 bits per heavy atom. The van der Waals surface area contributed by atoms with Crippen LogP contribution in [0.15, 0.2) is 0 Å². The summed E-state index contributed by atoms with van der Waals surface area (Å²) in [6.45, 7) is 6.04. The first-order chi connectivity index (χ1) is 8.94. The van der Waals surface area contributed by atoms with Gasteiger partial charge < -0.3 is 20.1 Å². The number of hydrogen-bond donors (Lipinski definition) is 2. The number of carbonyl (C=O) groups is 2. The molecule has 1 unspecified atom stereocenters. The smallest absolute Gasteiger partial charge is 0.311 e. The summed E-state index contributed by atoms with van der Waals surface area (Å²) in [5, 5.41) is 12.4. The van der Waals surface area contributed by atoms with Gasteiger partial charge in [-0.1, -0.05) is 13.8 Å². The van der Waals surface area contributed by atoms with Crippen LogP contribution in [-0.2, 0) is 14.3 Å². The van der Waals surface area contributed by atoms with Crippen molar-refractivity contribution in [1.29, 1.82) is 0 Å². The zero-order chi connectivity index (χ0) is 14.5. The summed E-state index contributed by atoms with van der Waals surface area (Å²) in [6, 6.07) is 0. The molecule has 19 heavy (non-hydrogen) atoms. The highest BCUT2D eigenvalue weighted by Crippen LogP contribution is 2.38. The fraction of sp³-hybridized carbons (Fsp3) is 0.846. The summed E-state index contributed by atoms with van der Waals surface area (Å²) in [5.74, 6) is -0.825. The number of nitrogens with zero attached hydrogens (tertiary/aromatic N) is 1. The number of amides is 1. The minimum absolute atomic E-state index is 0.0178. The number of aliphatic carboxylic acids is 1. The molecule has 0 aromatic heterocycles. The maximum absolute atomic E-state index is 12.0. The summed E-state index contributed by atoms with van der Waals surface area (Å²) in [6.07, 6.45) is 0.532. The standard InChI is InChI=1S/C13H24N2O4/c1-10(2)13(12(17)18)4-6-15(9-13)11(16)8-14-5-7-19-3/h10,14H,4-9H2,1-3H3,(H,17,18). The highest BCUT2D eigenvalue weighted by atomic mass is 16.5. The van der Waals surface area contributed by atoms with Crippen LogP contribution >= 0.6 is 0 Å². The molecule has 1 fully saturated rings. The van der Waals surface area contributed by atoms with E-state index in [-0.39, 0.29) is 18.4 Å². The molecule has 1 saturated heterocycles. The van der Waals surface area contributed by atoms with Crippen molar-refractivity contribution in [3.05, 3.63) is 0 Å². The normalized spacial score (nSPS) is 23.1. The van der Waals surface area contributed by atoms with E-state index in [1.54, 1.807) is 12.0 Å². The molecule has 0 spiro atoms. The fourth-order valence-corrected chi connectivity index (χ4v) is 2.42. The van der Waals surface area contributed by atoms with Gasteiger partial charge in [0, 0.05) is 26.7 Å². The topological polar surface area (TPSA) is 78.9 Å². The quantitative estimate of drug-likeness (QED) is 0.646. The maximum Gasteiger partial charge on any atom is 0.311 e. The molecule has 110 valence electrons. The lowest BCUT2D eigenvalue weighted by Gasteiger charge is -2.28. The van der Waals surface area contributed by atoms with Crippen LogP contribution in [0.5, 0.6) is 0 Å². The molecular formula is C13H24N2O4. The summed E-state index contributed by atoms with van der Waals surface area (Å²) < 4.78 is 4.88. The SMILES string of the molecule is COCCNCC(=O)N1CCC(C(=O)O)(C(C)C)C1. The van der Waals surface area contributed by atoms with Gasteiger partial charge in [-0.15, -0.1) is 0 Å². The van der Waals surface area contributed by atoms with Crippen LogP contribution in [0.25, 0.3) is 0 Å². The van der Waals surface area contributed by atoms with Gasteiger partial charge in [0.15, 0.2) is 0 Å². The zero-order valence-corrected chi connectivity index (χ0v) is 11.9. The monoisotopic (exact) mass is 272 g/mol. The lowest BCUT2D eigenvalue weighted by Crippen LogP contribution is -2.43. The van der Waals surface area contributed by atoms with Gasteiger partial charge in [-0.25, -0.2) is 0 Å². The van der Waals surface area contributed by atoms with Crippen molar-refractivity contribution in [2.24, 2.45) is 11.3 Å². The molecule has 1 atom stereocenters. The zero-order valence-electron chi connectivity index (χ0n) is 11.9. The molecule has 1 rings (SSSR count). The molecule has 0 radical (unpaired) electrons. The Balaban J connectivity index is 2.50. The molecule has 0 aliphatic carbocycles. The van der Waals surface area contributed by atoms with Gasteiger partial charge in [0.1, 0.15) is 0 Å². The number of carboxylic acids is 1. The van der Waals surface area contributed by atoms with Gasteiger partial charge in [-0.3, -0.25) is 9.59 Å². The van der Waals surface area contributed by atoms with Crippen molar-refractivity contribution in [2.45, 2.75) is 20.3 Å². The number of hydrogen-bond acceptors (Lipinski definition) is 4. The Morgan fingerprint density at radius 2 is 2.16 bits per heavy atom. The number of carboxylic acid groups (broad SMARTS) is 1. The molecule has 6 heteroatoms. The van der Waals surface area contributed by atoms with Gasteiger partial charge in [0.05, 0.1) is 18.6 Å². The van der Waals surface area contributed by atoms with Crippen molar-refractivity contribution < 1.29 is 19.4 Å². The minimum Gasteiger partial charge on any atom is -0.481 e. The Labute approximate surface area is 114 Å². The summed E-state index contributed by atoms with van der Waals surface area (Å²) >= 11 is 0. The van der Waals surface area contributed by atoms with E-state index in [0.717, 1.165) is 0 Å². The van der Waals surface area contributed by atoms with Crippen molar-refractivity contribution in [3.63, 3.8) is 0 Å². The van der Waals surface area contributed by atoms with Gasteiger partial charge in [-0.05, 0) is 12.3 Å². The first kappa shape index (κ1) is 15.9. The fourth-order valence-electron chi connectivity index (χ4n) is 2.42. The Hall–Kier alpha value is -1.14. The first-order valence-electron chi connectivity index (χ1n) is 6.65. The predicted molar refractivity (Wildman–Crippen MR) is 70.8 cm³/mol. The van der Waals surface area contributed by atoms with Crippen molar-refractivity contribution >= 4 is 11.9 Å². The third-order valence-electron chi connectivity index (χ3n) is 3.94. The van der Waals surface area contributed by atoms with Crippen molar-refractivity contribution in [3.8, 4) is 0 Å². The van der Waals surface area contributed by atoms with Crippen LogP contribution in [0, 0.1) is 11.3 Å². The molecule has 2 N–H and O–H groups in total. The second kappa shape index (κ2) is 6.86.